The lowest BCUT2D eigenvalue weighted by atomic mass is 10.4. The van der Waals surface area contributed by atoms with Crippen LogP contribution in [-0.2, 0) is 6.18 Å². The van der Waals surface area contributed by atoms with E-state index in [2.05, 4.69) is 15.1 Å². The fourth-order valence-electron chi connectivity index (χ4n) is 1.08. The Labute approximate surface area is 87.7 Å². The minimum absolute atomic E-state index is 0.161. The van der Waals surface area contributed by atoms with Crippen molar-refractivity contribution in [2.45, 2.75) is 6.18 Å². The van der Waals surface area contributed by atoms with E-state index < -0.39 is 11.7 Å². The van der Waals surface area contributed by atoms with E-state index in [0.717, 1.165) is 23.4 Å². The molecule has 2 aromatic rings. The molecule has 16 heavy (non-hydrogen) atoms. The monoisotopic (exact) mass is 229 g/mol. The Balaban J connectivity index is 2.39. The molecule has 0 saturated heterocycles. The molecule has 2 heterocycles. The highest BCUT2D eigenvalue weighted by atomic mass is 19.4. The van der Waals surface area contributed by atoms with Crippen LogP contribution in [0.25, 0.3) is 5.82 Å². The highest BCUT2D eigenvalue weighted by Crippen LogP contribution is 2.28. The lowest BCUT2D eigenvalue weighted by molar-refractivity contribution is -0.137. The predicted molar refractivity (Wildman–Crippen MR) is 48.6 cm³/mol. The number of alkyl halides is 3. The van der Waals surface area contributed by atoms with E-state index in [1.807, 2.05) is 0 Å². The molecule has 0 aliphatic carbocycles. The number of nitrogens with two attached hydrogens (primary N) is 1. The van der Waals surface area contributed by atoms with Gasteiger partial charge in [-0.3, -0.25) is 0 Å². The predicted octanol–water partition coefficient (Wildman–Crippen LogP) is 1.26. The minimum atomic E-state index is -4.42. The van der Waals surface area contributed by atoms with Gasteiger partial charge in [-0.2, -0.15) is 18.3 Å². The van der Waals surface area contributed by atoms with E-state index in [1.54, 1.807) is 0 Å². The van der Waals surface area contributed by atoms with Crippen LogP contribution in [0.1, 0.15) is 5.56 Å². The van der Waals surface area contributed by atoms with Gasteiger partial charge in [0.2, 0.25) is 0 Å². The Morgan fingerprint density at radius 1 is 1.25 bits per heavy atom. The fraction of sp³-hybridized carbons (Fsp3) is 0.125. The number of nitrogen functional groups attached to an aromatic ring is 1. The Hall–Kier alpha value is -2.12. The highest BCUT2D eigenvalue weighted by molar-refractivity contribution is 5.35. The topological polar surface area (TPSA) is 69.6 Å². The van der Waals surface area contributed by atoms with E-state index in [1.165, 1.54) is 6.07 Å². The molecule has 0 radical (unpaired) electrons. The first-order valence-corrected chi connectivity index (χ1v) is 4.16. The summed E-state index contributed by atoms with van der Waals surface area (Å²) in [5.41, 5.74) is 4.53. The molecule has 0 atom stereocenters. The average Bonchev–Trinajstić information content (AvgIpc) is 2.65. The Morgan fingerprint density at radius 3 is 2.56 bits per heavy atom. The lowest BCUT2D eigenvalue weighted by Gasteiger charge is -2.01. The molecule has 0 fully saturated rings. The molecule has 84 valence electrons. The van der Waals surface area contributed by atoms with Gasteiger partial charge in [-0.05, 0) is 0 Å². The summed E-state index contributed by atoms with van der Waals surface area (Å²) in [5, 5.41) is 3.54. The summed E-state index contributed by atoms with van der Waals surface area (Å²) >= 11 is 0. The summed E-state index contributed by atoms with van der Waals surface area (Å²) in [7, 11) is 0. The number of aromatic nitrogens is 4. The molecule has 2 N–H and O–H groups in total. The van der Waals surface area contributed by atoms with E-state index in [9.17, 15) is 13.2 Å². The van der Waals surface area contributed by atoms with Crippen molar-refractivity contribution in [2.24, 2.45) is 0 Å². The number of hydrogen-bond donors (Lipinski definition) is 1. The van der Waals surface area contributed by atoms with Gasteiger partial charge in [0, 0.05) is 12.3 Å². The maximum atomic E-state index is 12.3. The quantitative estimate of drug-likeness (QED) is 0.799. The third kappa shape index (κ3) is 1.95. The summed E-state index contributed by atoms with van der Waals surface area (Å²) in [5.74, 6) is 0.344. The third-order valence-corrected chi connectivity index (χ3v) is 1.82. The first kappa shape index (κ1) is 10.4. The first-order chi connectivity index (χ1) is 7.47. The molecule has 2 rings (SSSR count). The number of hydrogen-bond acceptors (Lipinski definition) is 4. The van der Waals surface area contributed by atoms with Crippen molar-refractivity contribution in [3.8, 4) is 5.82 Å². The number of rotatable bonds is 1. The van der Waals surface area contributed by atoms with E-state index in [0.29, 0.717) is 0 Å². The van der Waals surface area contributed by atoms with Crippen molar-refractivity contribution >= 4 is 5.82 Å². The van der Waals surface area contributed by atoms with Gasteiger partial charge >= 0.3 is 6.18 Å². The van der Waals surface area contributed by atoms with E-state index in [-0.39, 0.29) is 11.6 Å². The second-order valence-electron chi connectivity index (χ2n) is 2.97. The third-order valence-electron chi connectivity index (χ3n) is 1.82. The van der Waals surface area contributed by atoms with Crippen LogP contribution in [0.5, 0.6) is 0 Å². The van der Waals surface area contributed by atoms with Crippen molar-refractivity contribution < 1.29 is 13.2 Å². The molecule has 2 aromatic heterocycles. The van der Waals surface area contributed by atoms with Gasteiger partial charge in [0.1, 0.15) is 12.1 Å². The summed E-state index contributed by atoms with van der Waals surface area (Å²) in [6.07, 6.45) is -1.71. The molecule has 0 aliphatic heterocycles. The largest absolute Gasteiger partial charge is 0.419 e. The molecule has 0 aliphatic rings. The molecule has 0 saturated carbocycles. The second-order valence-corrected chi connectivity index (χ2v) is 2.97. The van der Waals surface area contributed by atoms with Gasteiger partial charge in [-0.15, -0.1) is 0 Å². The van der Waals surface area contributed by atoms with Crippen LogP contribution in [-0.4, -0.2) is 19.7 Å². The first-order valence-electron chi connectivity index (χ1n) is 4.16. The summed E-state index contributed by atoms with van der Waals surface area (Å²) in [6.45, 7) is 0. The van der Waals surface area contributed by atoms with Gasteiger partial charge in [-0.1, -0.05) is 0 Å². The van der Waals surface area contributed by atoms with E-state index >= 15 is 0 Å². The standard InChI is InChI=1S/C8H6F3N5/c9-8(10,11)5-2-15-16(3-5)7-1-6(12)13-4-14-7/h1-4H,(H2,12,13,14). The summed E-state index contributed by atoms with van der Waals surface area (Å²) in [6, 6.07) is 1.33. The van der Waals surface area contributed by atoms with Crippen molar-refractivity contribution in [1.82, 2.24) is 19.7 Å². The zero-order chi connectivity index (χ0) is 11.8. The Bertz CT molecular complexity index is 504. The van der Waals surface area contributed by atoms with Crippen LogP contribution in [0.4, 0.5) is 19.0 Å². The number of halogens is 3. The van der Waals surface area contributed by atoms with Crippen molar-refractivity contribution in [1.29, 1.82) is 0 Å². The average molecular weight is 229 g/mol. The van der Waals surface area contributed by atoms with Crippen LogP contribution < -0.4 is 5.73 Å². The van der Waals surface area contributed by atoms with Gasteiger partial charge in [0.15, 0.2) is 5.82 Å². The molecule has 0 unspecified atom stereocenters. The van der Waals surface area contributed by atoms with E-state index in [4.69, 9.17) is 5.73 Å². The van der Waals surface area contributed by atoms with Crippen molar-refractivity contribution in [2.75, 3.05) is 5.73 Å². The fourth-order valence-corrected chi connectivity index (χ4v) is 1.08. The molecule has 8 heteroatoms. The lowest BCUT2D eigenvalue weighted by Crippen LogP contribution is -2.04. The van der Waals surface area contributed by atoms with Gasteiger partial charge in [0.25, 0.3) is 0 Å². The van der Waals surface area contributed by atoms with Crippen molar-refractivity contribution in [3.05, 3.63) is 30.4 Å². The maximum absolute atomic E-state index is 12.3. The van der Waals surface area contributed by atoms with Crippen molar-refractivity contribution in [3.63, 3.8) is 0 Å². The molecular formula is C8H6F3N5. The summed E-state index contributed by atoms with van der Waals surface area (Å²) < 4.78 is 37.8. The van der Waals surface area contributed by atoms with Gasteiger partial charge < -0.3 is 5.73 Å². The zero-order valence-electron chi connectivity index (χ0n) is 7.81. The minimum Gasteiger partial charge on any atom is -0.384 e. The highest BCUT2D eigenvalue weighted by Gasteiger charge is 2.32. The zero-order valence-corrected chi connectivity index (χ0v) is 7.81. The molecule has 0 spiro atoms. The molecule has 5 nitrogen and oxygen atoms in total. The number of nitrogens with zero attached hydrogens (tertiary/aromatic N) is 4. The molecule has 0 bridgehead atoms. The normalized spacial score (nSPS) is 11.7. The van der Waals surface area contributed by atoms with Crippen LogP contribution >= 0.6 is 0 Å². The second kappa shape index (κ2) is 3.47. The van der Waals surface area contributed by atoms with Gasteiger partial charge in [-0.25, -0.2) is 14.6 Å². The Morgan fingerprint density at radius 2 is 2.00 bits per heavy atom. The van der Waals surface area contributed by atoms with Gasteiger partial charge in [0.05, 0.1) is 11.8 Å². The smallest absolute Gasteiger partial charge is 0.384 e. The molecule has 0 amide bonds. The molecule has 0 aromatic carbocycles. The van der Waals surface area contributed by atoms with Crippen LogP contribution in [0.2, 0.25) is 0 Å². The van der Waals surface area contributed by atoms with Crippen LogP contribution in [0.3, 0.4) is 0 Å². The van der Waals surface area contributed by atoms with Crippen LogP contribution in [0.15, 0.2) is 24.8 Å². The van der Waals surface area contributed by atoms with Crippen LogP contribution in [0, 0.1) is 0 Å². The SMILES string of the molecule is Nc1cc(-n2cc(C(F)(F)F)cn2)ncn1. The summed E-state index contributed by atoms with van der Waals surface area (Å²) in [4.78, 5) is 7.37. The Kier molecular flexibility index (Phi) is 2.26. The molecular weight excluding hydrogens is 223 g/mol. The number of anilines is 1. The maximum Gasteiger partial charge on any atom is 0.419 e.